The number of allylic oxidation sites excluding steroid dienone is 7. The van der Waals surface area contributed by atoms with Gasteiger partial charge in [0.05, 0.1) is 11.3 Å². The monoisotopic (exact) mass is 400 g/mol. The molecule has 3 nitrogen and oxygen atoms in total. The number of hydrogen-bond donors (Lipinski definition) is 1. The second kappa shape index (κ2) is 9.67. The summed E-state index contributed by atoms with van der Waals surface area (Å²) >= 11 is 7.80. The predicted octanol–water partition coefficient (Wildman–Crippen LogP) is 6.64. The molecule has 0 aliphatic heterocycles. The van der Waals surface area contributed by atoms with Gasteiger partial charge in [-0.2, -0.15) is 0 Å². The van der Waals surface area contributed by atoms with Crippen LogP contribution in [-0.2, 0) is 0 Å². The van der Waals surface area contributed by atoms with Crippen molar-refractivity contribution in [2.45, 2.75) is 40.5 Å². The maximum atomic E-state index is 12.1. The number of rotatable bonds is 7. The lowest BCUT2D eigenvalue weighted by atomic mass is 9.94. The van der Waals surface area contributed by atoms with Crippen LogP contribution in [0.3, 0.4) is 0 Å². The van der Waals surface area contributed by atoms with Crippen molar-refractivity contribution in [1.29, 1.82) is 0 Å². The minimum Gasteiger partial charge on any atom is -0.329 e. The van der Waals surface area contributed by atoms with E-state index in [-0.39, 0.29) is 5.56 Å². The Morgan fingerprint density at radius 3 is 2.78 bits per heavy atom. The molecule has 0 aliphatic rings. The summed E-state index contributed by atoms with van der Waals surface area (Å²) in [4.78, 5) is 20.7. The number of aromatic amines is 1. The van der Waals surface area contributed by atoms with Crippen LogP contribution in [-0.4, -0.2) is 9.97 Å². The van der Waals surface area contributed by atoms with Crippen LogP contribution >= 0.6 is 22.9 Å². The fourth-order valence-electron chi connectivity index (χ4n) is 2.91. The Kier molecular flexibility index (Phi) is 7.57. The molecule has 0 radical (unpaired) electrons. The lowest BCUT2D eigenvalue weighted by Crippen LogP contribution is -2.06. The summed E-state index contributed by atoms with van der Waals surface area (Å²) in [5, 5.41) is 1.31. The fourth-order valence-corrected chi connectivity index (χ4v) is 3.97. The van der Waals surface area contributed by atoms with E-state index in [1.807, 2.05) is 26.0 Å². The van der Waals surface area contributed by atoms with Crippen LogP contribution in [0.25, 0.3) is 16.1 Å². The van der Waals surface area contributed by atoms with Crippen molar-refractivity contribution < 1.29 is 0 Å². The van der Waals surface area contributed by atoms with Crippen LogP contribution in [0, 0.1) is 6.92 Å². The van der Waals surface area contributed by atoms with Gasteiger partial charge in [-0.3, -0.25) is 4.79 Å². The topological polar surface area (TPSA) is 45.8 Å². The van der Waals surface area contributed by atoms with Gasteiger partial charge in [-0.15, -0.1) is 11.3 Å². The Labute approximate surface area is 169 Å². The average Bonchev–Trinajstić information content (AvgIpc) is 3.03. The maximum absolute atomic E-state index is 12.1. The maximum Gasteiger partial charge on any atom is 0.258 e. The number of nitrogens with one attached hydrogen (secondary N) is 1. The molecule has 0 amide bonds. The Morgan fingerprint density at radius 2 is 2.19 bits per heavy atom. The lowest BCUT2D eigenvalue weighted by molar-refractivity contribution is 0.900. The van der Waals surface area contributed by atoms with Gasteiger partial charge in [0.15, 0.2) is 0 Å². The van der Waals surface area contributed by atoms with E-state index in [4.69, 9.17) is 16.6 Å². The molecule has 2 rings (SSSR count). The number of aromatic nitrogens is 2. The third-order valence-corrected chi connectivity index (χ3v) is 5.51. The molecule has 0 spiro atoms. The molecule has 0 aromatic carbocycles. The van der Waals surface area contributed by atoms with Crippen LogP contribution in [0.15, 0.2) is 64.1 Å². The quantitative estimate of drug-likeness (QED) is 0.529. The predicted molar refractivity (Wildman–Crippen MR) is 118 cm³/mol. The van der Waals surface area contributed by atoms with Gasteiger partial charge >= 0.3 is 0 Å². The molecule has 0 fully saturated rings. The van der Waals surface area contributed by atoms with Crippen molar-refractivity contribution in [3.63, 3.8) is 0 Å². The molecule has 0 bridgehead atoms. The zero-order chi connectivity index (χ0) is 20.0. The molecule has 0 saturated carbocycles. The SMILES string of the molecule is C=C\C(Cl)=C/C(=C(\C)CCC)C(=C\C)/c1nc(-c2ccc[nH]c2=O)sc1C. The molecule has 0 aliphatic carbocycles. The zero-order valence-electron chi connectivity index (χ0n) is 16.2. The summed E-state index contributed by atoms with van der Waals surface area (Å²) < 4.78 is 0. The molecule has 0 unspecified atom stereocenters. The molecule has 27 heavy (non-hydrogen) atoms. The molecular weight excluding hydrogens is 376 g/mol. The third-order valence-electron chi connectivity index (χ3n) is 4.24. The highest BCUT2D eigenvalue weighted by molar-refractivity contribution is 7.15. The second-order valence-corrected chi connectivity index (χ2v) is 7.86. The number of halogens is 1. The molecule has 2 aromatic rings. The molecule has 0 atom stereocenters. The van der Waals surface area contributed by atoms with Gasteiger partial charge in [0.2, 0.25) is 0 Å². The molecular formula is C22H25ClN2OS. The largest absolute Gasteiger partial charge is 0.329 e. The van der Waals surface area contributed by atoms with Gasteiger partial charge in [0.25, 0.3) is 5.56 Å². The Bertz CT molecular complexity index is 976. The first-order chi connectivity index (χ1) is 12.9. The van der Waals surface area contributed by atoms with E-state index in [2.05, 4.69) is 31.5 Å². The summed E-state index contributed by atoms with van der Waals surface area (Å²) in [6.07, 6.45) is 9.28. The molecule has 142 valence electrons. The van der Waals surface area contributed by atoms with Gasteiger partial charge in [-0.25, -0.2) is 4.98 Å². The number of nitrogens with zero attached hydrogens (tertiary/aromatic N) is 1. The number of H-pyrrole nitrogens is 1. The summed E-state index contributed by atoms with van der Waals surface area (Å²) in [6.45, 7) is 12.1. The molecule has 2 heterocycles. The zero-order valence-corrected chi connectivity index (χ0v) is 17.8. The number of pyridine rings is 1. The fraction of sp³-hybridized carbons (Fsp3) is 0.273. The van der Waals surface area contributed by atoms with Gasteiger partial charge < -0.3 is 4.98 Å². The molecule has 2 aromatic heterocycles. The summed E-state index contributed by atoms with van der Waals surface area (Å²) in [5.41, 5.74) is 4.67. The lowest BCUT2D eigenvalue weighted by Gasteiger charge is -2.12. The Hall–Kier alpha value is -2.17. The highest BCUT2D eigenvalue weighted by Gasteiger charge is 2.18. The summed E-state index contributed by atoms with van der Waals surface area (Å²) in [5.74, 6) is 0. The first kappa shape index (κ1) is 21.1. The van der Waals surface area contributed by atoms with E-state index < -0.39 is 0 Å². The van der Waals surface area contributed by atoms with Gasteiger partial charge in [0.1, 0.15) is 5.01 Å². The second-order valence-electron chi connectivity index (χ2n) is 6.22. The van der Waals surface area contributed by atoms with Crippen LogP contribution < -0.4 is 5.56 Å². The van der Waals surface area contributed by atoms with Crippen LogP contribution in [0.5, 0.6) is 0 Å². The van der Waals surface area contributed by atoms with Crippen LogP contribution in [0.1, 0.15) is 44.2 Å². The van der Waals surface area contributed by atoms with E-state index in [9.17, 15) is 4.79 Å². The number of thiazole rings is 1. The van der Waals surface area contributed by atoms with E-state index in [1.165, 1.54) is 16.9 Å². The summed E-state index contributed by atoms with van der Waals surface area (Å²) in [6, 6.07) is 3.61. The molecule has 5 heteroatoms. The van der Waals surface area contributed by atoms with E-state index in [1.54, 1.807) is 18.3 Å². The van der Waals surface area contributed by atoms with E-state index >= 15 is 0 Å². The van der Waals surface area contributed by atoms with Crippen molar-refractivity contribution in [3.05, 3.63) is 80.2 Å². The first-order valence-electron chi connectivity index (χ1n) is 8.94. The highest BCUT2D eigenvalue weighted by atomic mass is 35.5. The van der Waals surface area contributed by atoms with Crippen molar-refractivity contribution in [2.24, 2.45) is 0 Å². The van der Waals surface area contributed by atoms with E-state index in [0.29, 0.717) is 10.6 Å². The minimum absolute atomic E-state index is 0.132. The standard InChI is InChI=1S/C22H25ClN2OS/c1-6-10-14(4)19(13-16(23)7-2)17(8-3)20-15(5)27-22(25-20)18-11-9-12-24-21(18)26/h7-9,11-13H,2,6,10H2,1,3-5H3,(H,24,26)/b16-13+,17-8+,19-14-. The van der Waals surface area contributed by atoms with Crippen molar-refractivity contribution in [1.82, 2.24) is 9.97 Å². The van der Waals surface area contributed by atoms with E-state index in [0.717, 1.165) is 39.6 Å². The average molecular weight is 401 g/mol. The normalized spacial score (nSPS) is 13.5. The number of aryl methyl sites for hydroxylation is 1. The third kappa shape index (κ3) is 4.96. The van der Waals surface area contributed by atoms with Crippen LogP contribution in [0.2, 0.25) is 0 Å². The van der Waals surface area contributed by atoms with Gasteiger partial charge in [-0.05, 0) is 51.0 Å². The number of hydrogen-bond acceptors (Lipinski definition) is 3. The van der Waals surface area contributed by atoms with Crippen molar-refractivity contribution in [3.8, 4) is 10.6 Å². The van der Waals surface area contributed by atoms with Gasteiger partial charge in [0, 0.05) is 21.7 Å². The van der Waals surface area contributed by atoms with Gasteiger partial charge in [-0.1, -0.05) is 49.2 Å². The summed E-state index contributed by atoms with van der Waals surface area (Å²) in [7, 11) is 0. The molecule has 1 N–H and O–H groups in total. The smallest absolute Gasteiger partial charge is 0.258 e. The highest BCUT2D eigenvalue weighted by Crippen LogP contribution is 2.35. The van der Waals surface area contributed by atoms with Crippen molar-refractivity contribution >= 4 is 28.5 Å². The molecule has 0 saturated heterocycles. The Morgan fingerprint density at radius 1 is 1.44 bits per heavy atom. The van der Waals surface area contributed by atoms with Crippen LogP contribution in [0.4, 0.5) is 0 Å². The first-order valence-corrected chi connectivity index (χ1v) is 10.1. The Balaban J connectivity index is 2.63. The minimum atomic E-state index is -0.132. The van der Waals surface area contributed by atoms with Crippen molar-refractivity contribution in [2.75, 3.05) is 0 Å².